The number of nitrogens with one attached hydrogen (secondary N) is 1. The summed E-state index contributed by atoms with van der Waals surface area (Å²) in [4.78, 5) is 2.46. The molecule has 2 fully saturated rings. The summed E-state index contributed by atoms with van der Waals surface area (Å²) in [7, 11) is 0. The van der Waals surface area contributed by atoms with Gasteiger partial charge in [-0.3, -0.25) is 0 Å². The molecule has 1 atom stereocenters. The zero-order valence-corrected chi connectivity index (χ0v) is 12.2. The number of likely N-dealkylation sites (N-methyl/N-ethyl adjacent to an activating group) is 1. The first kappa shape index (κ1) is 14.3. The Morgan fingerprint density at radius 3 is 2.56 bits per heavy atom. The van der Waals surface area contributed by atoms with Gasteiger partial charge in [0.05, 0.1) is 11.7 Å². The van der Waals surface area contributed by atoms with Crippen LogP contribution in [-0.2, 0) is 4.74 Å². The Labute approximate surface area is 112 Å². The fourth-order valence-corrected chi connectivity index (χ4v) is 3.47. The van der Waals surface area contributed by atoms with Crippen LogP contribution in [0.3, 0.4) is 0 Å². The largest absolute Gasteiger partial charge is 0.370 e. The minimum Gasteiger partial charge on any atom is -0.370 e. The molecule has 1 heterocycles. The van der Waals surface area contributed by atoms with E-state index < -0.39 is 0 Å². The molecule has 1 saturated heterocycles. The third-order valence-corrected chi connectivity index (χ3v) is 4.72. The number of nitrogens with zero attached hydrogens (tertiary/aromatic N) is 1. The van der Waals surface area contributed by atoms with E-state index in [9.17, 15) is 0 Å². The summed E-state index contributed by atoms with van der Waals surface area (Å²) >= 11 is 0. The van der Waals surface area contributed by atoms with Crippen LogP contribution in [0.1, 0.15) is 52.4 Å². The monoisotopic (exact) mass is 254 g/mol. The minimum atomic E-state index is 0.297. The highest BCUT2D eigenvalue weighted by molar-refractivity contribution is 4.93. The average Bonchev–Trinajstić information content (AvgIpc) is 3.01. The Bertz CT molecular complexity index is 235. The lowest BCUT2D eigenvalue weighted by molar-refractivity contribution is -0.0351. The molecular weight excluding hydrogens is 224 g/mol. The normalized spacial score (nSPS) is 26.5. The minimum absolute atomic E-state index is 0.297. The molecule has 18 heavy (non-hydrogen) atoms. The molecule has 0 aromatic heterocycles. The molecule has 1 aliphatic heterocycles. The second-order valence-corrected chi connectivity index (χ2v) is 5.90. The zero-order valence-electron chi connectivity index (χ0n) is 12.2. The lowest BCUT2D eigenvalue weighted by atomic mass is 9.98. The predicted molar refractivity (Wildman–Crippen MR) is 76.0 cm³/mol. The van der Waals surface area contributed by atoms with E-state index in [2.05, 4.69) is 24.1 Å². The maximum Gasteiger partial charge on any atom is 0.0708 e. The maximum absolute atomic E-state index is 6.29. The fraction of sp³-hybridized carbons (Fsp3) is 1.00. The van der Waals surface area contributed by atoms with Gasteiger partial charge < -0.3 is 15.0 Å². The molecule has 0 bridgehead atoms. The van der Waals surface area contributed by atoms with Gasteiger partial charge in [-0.2, -0.15) is 0 Å². The van der Waals surface area contributed by atoms with Crippen molar-refractivity contribution in [1.82, 2.24) is 10.2 Å². The van der Waals surface area contributed by atoms with Crippen molar-refractivity contribution in [2.75, 3.05) is 32.7 Å². The Balaban J connectivity index is 1.58. The molecule has 0 aromatic rings. The lowest BCUT2D eigenvalue weighted by Crippen LogP contribution is -2.36. The van der Waals surface area contributed by atoms with E-state index >= 15 is 0 Å². The van der Waals surface area contributed by atoms with Crippen molar-refractivity contribution in [1.29, 1.82) is 0 Å². The van der Waals surface area contributed by atoms with Crippen LogP contribution in [-0.4, -0.2) is 49.3 Å². The Morgan fingerprint density at radius 1 is 1.17 bits per heavy atom. The van der Waals surface area contributed by atoms with Crippen LogP contribution in [0.5, 0.6) is 0 Å². The summed E-state index contributed by atoms with van der Waals surface area (Å²) in [6, 6.07) is 0. The molecule has 0 radical (unpaired) electrons. The highest BCUT2D eigenvalue weighted by Gasteiger charge is 2.41. The maximum atomic E-state index is 6.29. The van der Waals surface area contributed by atoms with E-state index in [0.717, 1.165) is 32.7 Å². The molecule has 1 saturated carbocycles. The van der Waals surface area contributed by atoms with Gasteiger partial charge in [0.1, 0.15) is 0 Å². The molecular formula is C15H30N2O. The molecule has 3 nitrogen and oxygen atoms in total. The second-order valence-electron chi connectivity index (χ2n) is 5.90. The van der Waals surface area contributed by atoms with Gasteiger partial charge in [-0.1, -0.05) is 26.7 Å². The summed E-state index contributed by atoms with van der Waals surface area (Å²) in [5, 5.41) is 3.57. The van der Waals surface area contributed by atoms with Gasteiger partial charge in [0.25, 0.3) is 0 Å². The first-order valence-corrected chi connectivity index (χ1v) is 7.89. The number of hydrogen-bond acceptors (Lipinski definition) is 3. The molecule has 106 valence electrons. The highest BCUT2D eigenvalue weighted by atomic mass is 16.5. The quantitative estimate of drug-likeness (QED) is 0.706. The van der Waals surface area contributed by atoms with E-state index in [-0.39, 0.29) is 0 Å². The van der Waals surface area contributed by atoms with Gasteiger partial charge in [-0.25, -0.2) is 0 Å². The van der Waals surface area contributed by atoms with Crippen molar-refractivity contribution in [2.24, 2.45) is 0 Å². The first-order chi connectivity index (χ1) is 8.78. The van der Waals surface area contributed by atoms with Gasteiger partial charge in [0.2, 0.25) is 0 Å². The van der Waals surface area contributed by atoms with Crippen molar-refractivity contribution in [3.63, 3.8) is 0 Å². The van der Waals surface area contributed by atoms with Gasteiger partial charge in [-0.05, 0) is 38.8 Å². The molecule has 1 aliphatic carbocycles. The summed E-state index contributed by atoms with van der Waals surface area (Å²) < 4.78 is 6.29. The second kappa shape index (κ2) is 6.88. The van der Waals surface area contributed by atoms with Crippen molar-refractivity contribution in [2.45, 2.75) is 64.1 Å². The van der Waals surface area contributed by atoms with E-state index in [1.54, 1.807) is 0 Å². The molecule has 0 amide bonds. The predicted octanol–water partition coefficient (Wildman–Crippen LogP) is 2.41. The third kappa shape index (κ3) is 3.69. The fourth-order valence-electron chi connectivity index (χ4n) is 3.47. The van der Waals surface area contributed by atoms with Crippen molar-refractivity contribution in [3.05, 3.63) is 0 Å². The van der Waals surface area contributed by atoms with Crippen LogP contribution in [0.25, 0.3) is 0 Å². The highest BCUT2D eigenvalue weighted by Crippen LogP contribution is 2.43. The van der Waals surface area contributed by atoms with Crippen LogP contribution in [0.2, 0.25) is 0 Å². The number of ether oxygens (including phenoxy) is 1. The Hall–Kier alpha value is -0.120. The lowest BCUT2D eigenvalue weighted by Gasteiger charge is -2.24. The van der Waals surface area contributed by atoms with E-state index in [0.29, 0.717) is 11.7 Å². The van der Waals surface area contributed by atoms with Crippen LogP contribution >= 0.6 is 0 Å². The van der Waals surface area contributed by atoms with Crippen LogP contribution in [0.4, 0.5) is 0 Å². The van der Waals surface area contributed by atoms with Crippen LogP contribution in [0, 0.1) is 0 Å². The van der Waals surface area contributed by atoms with Crippen LogP contribution in [0.15, 0.2) is 0 Å². The van der Waals surface area contributed by atoms with E-state index in [4.69, 9.17) is 4.74 Å². The molecule has 1 unspecified atom stereocenters. The topological polar surface area (TPSA) is 24.5 Å². The van der Waals surface area contributed by atoms with Crippen molar-refractivity contribution >= 4 is 0 Å². The van der Waals surface area contributed by atoms with Crippen LogP contribution < -0.4 is 5.32 Å². The average molecular weight is 254 g/mol. The van der Waals surface area contributed by atoms with Gasteiger partial charge in [-0.15, -0.1) is 0 Å². The molecule has 2 rings (SSSR count). The molecule has 3 heteroatoms. The summed E-state index contributed by atoms with van der Waals surface area (Å²) in [5.41, 5.74) is 0.297. The van der Waals surface area contributed by atoms with Gasteiger partial charge >= 0.3 is 0 Å². The zero-order chi connectivity index (χ0) is 12.8. The number of rotatable bonds is 7. The van der Waals surface area contributed by atoms with Gasteiger partial charge in [0, 0.05) is 19.6 Å². The van der Waals surface area contributed by atoms with Crippen molar-refractivity contribution < 1.29 is 4.74 Å². The third-order valence-electron chi connectivity index (χ3n) is 4.72. The smallest absolute Gasteiger partial charge is 0.0708 e. The van der Waals surface area contributed by atoms with E-state index in [1.807, 2.05) is 0 Å². The van der Waals surface area contributed by atoms with Crippen molar-refractivity contribution in [3.8, 4) is 0 Å². The Morgan fingerprint density at radius 2 is 1.89 bits per heavy atom. The summed E-state index contributed by atoms with van der Waals surface area (Å²) in [5.74, 6) is 0. The Kier molecular flexibility index (Phi) is 5.46. The molecule has 0 aromatic carbocycles. The standard InChI is InChI=1S/C15H30N2O/c1-3-17(4-2)12-11-16-13-14-7-10-15(18-14)8-5-6-9-15/h14,16H,3-13H2,1-2H3. The molecule has 1 spiro atoms. The summed E-state index contributed by atoms with van der Waals surface area (Å²) in [6.45, 7) is 10.1. The first-order valence-electron chi connectivity index (χ1n) is 7.89. The van der Waals surface area contributed by atoms with Gasteiger partial charge in [0.15, 0.2) is 0 Å². The summed E-state index contributed by atoms with van der Waals surface area (Å²) in [6.07, 6.45) is 8.41. The molecule has 2 aliphatic rings. The van der Waals surface area contributed by atoms with E-state index in [1.165, 1.54) is 38.5 Å². The molecule has 1 N–H and O–H groups in total. The SMILES string of the molecule is CCN(CC)CCNCC1CCC2(CCCC2)O1. The number of hydrogen-bond donors (Lipinski definition) is 1.